The molecule has 1 rings (SSSR count). The number of rotatable bonds is 5. The maximum atomic E-state index is 12.0. The summed E-state index contributed by atoms with van der Waals surface area (Å²) in [6, 6.07) is 1.78. The van der Waals surface area contributed by atoms with Crippen molar-refractivity contribution in [2.75, 3.05) is 6.61 Å². The molecule has 0 atom stereocenters. The first-order chi connectivity index (χ1) is 8.95. The highest BCUT2D eigenvalue weighted by molar-refractivity contribution is 9.10. The van der Waals surface area contributed by atoms with Gasteiger partial charge in [0.1, 0.15) is 5.57 Å². The minimum absolute atomic E-state index is 0.0525. The largest absolute Gasteiger partial charge is 0.462 e. The van der Waals surface area contributed by atoms with Crippen LogP contribution in [0.1, 0.15) is 26.3 Å². The maximum Gasteiger partial charge on any atom is 0.341 e. The van der Waals surface area contributed by atoms with Crippen molar-refractivity contribution in [1.29, 1.82) is 0 Å². The van der Waals surface area contributed by atoms with Crippen LogP contribution in [-0.4, -0.2) is 23.3 Å². The molecule has 0 saturated heterocycles. The Morgan fingerprint density at radius 1 is 1.42 bits per heavy atom. The van der Waals surface area contributed by atoms with E-state index >= 15 is 0 Å². The second-order valence-corrected chi connectivity index (χ2v) is 5.15. The van der Waals surface area contributed by atoms with Crippen molar-refractivity contribution in [3.63, 3.8) is 0 Å². The van der Waals surface area contributed by atoms with Crippen LogP contribution in [0.3, 0.4) is 0 Å². The van der Waals surface area contributed by atoms with E-state index < -0.39 is 5.97 Å². The van der Waals surface area contributed by atoms with Crippen LogP contribution in [0.4, 0.5) is 0 Å². The zero-order chi connectivity index (χ0) is 14.4. The van der Waals surface area contributed by atoms with Gasteiger partial charge in [-0.1, -0.05) is 13.8 Å². The van der Waals surface area contributed by atoms with Crippen LogP contribution in [0.25, 0.3) is 6.08 Å². The lowest BCUT2D eigenvalue weighted by Crippen LogP contribution is -2.19. The van der Waals surface area contributed by atoms with Gasteiger partial charge in [0.05, 0.1) is 6.61 Å². The van der Waals surface area contributed by atoms with E-state index in [9.17, 15) is 9.59 Å². The van der Waals surface area contributed by atoms with Gasteiger partial charge in [-0.3, -0.25) is 9.78 Å². The second-order valence-electron chi connectivity index (χ2n) is 4.23. The number of aromatic nitrogens is 1. The van der Waals surface area contributed by atoms with Gasteiger partial charge in [-0.05, 0) is 40.6 Å². The second kappa shape index (κ2) is 7.19. The molecule has 0 bridgehead atoms. The third kappa shape index (κ3) is 4.59. The van der Waals surface area contributed by atoms with E-state index in [4.69, 9.17) is 4.74 Å². The number of ketones is 1. The lowest BCUT2D eigenvalue weighted by Gasteiger charge is -2.08. The smallest absolute Gasteiger partial charge is 0.341 e. The summed E-state index contributed by atoms with van der Waals surface area (Å²) in [6.07, 6.45) is 4.72. The minimum atomic E-state index is -0.596. The van der Waals surface area contributed by atoms with Gasteiger partial charge in [-0.2, -0.15) is 0 Å². The molecule has 1 aromatic rings. The first-order valence-corrected chi connectivity index (χ1v) is 6.78. The average molecular weight is 326 g/mol. The molecule has 5 heteroatoms. The van der Waals surface area contributed by atoms with Gasteiger partial charge in [0, 0.05) is 22.8 Å². The van der Waals surface area contributed by atoms with Gasteiger partial charge in [0.25, 0.3) is 0 Å². The Morgan fingerprint density at radius 3 is 2.63 bits per heavy atom. The lowest BCUT2D eigenvalue weighted by molar-refractivity contribution is -0.140. The van der Waals surface area contributed by atoms with Crippen LogP contribution in [0, 0.1) is 5.92 Å². The molecule has 102 valence electrons. The van der Waals surface area contributed by atoms with Crippen molar-refractivity contribution in [2.45, 2.75) is 20.8 Å². The minimum Gasteiger partial charge on any atom is -0.462 e. The standard InChI is InChI=1S/C14H16BrNO3/c1-4-19-14(18)12(13(17)9(2)3)6-10-5-11(15)8-16-7-10/h5-9H,4H2,1-3H3/b12-6+. The molecular weight excluding hydrogens is 310 g/mol. The summed E-state index contributed by atoms with van der Waals surface area (Å²) in [4.78, 5) is 27.9. The van der Waals surface area contributed by atoms with E-state index in [2.05, 4.69) is 20.9 Å². The van der Waals surface area contributed by atoms with E-state index in [-0.39, 0.29) is 23.9 Å². The number of nitrogens with zero attached hydrogens (tertiary/aromatic N) is 1. The first-order valence-electron chi connectivity index (χ1n) is 5.99. The molecule has 1 aromatic heterocycles. The summed E-state index contributed by atoms with van der Waals surface area (Å²) in [6.45, 7) is 5.43. The third-order valence-electron chi connectivity index (χ3n) is 2.32. The Labute approximate surface area is 121 Å². The summed E-state index contributed by atoms with van der Waals surface area (Å²) in [7, 11) is 0. The Bertz CT molecular complexity index is 509. The number of hydrogen-bond donors (Lipinski definition) is 0. The molecule has 1 heterocycles. The van der Waals surface area contributed by atoms with Crippen LogP contribution >= 0.6 is 15.9 Å². The number of halogens is 1. The van der Waals surface area contributed by atoms with E-state index in [0.29, 0.717) is 5.56 Å². The van der Waals surface area contributed by atoms with E-state index in [1.807, 2.05) is 0 Å². The third-order valence-corrected chi connectivity index (χ3v) is 2.76. The van der Waals surface area contributed by atoms with Gasteiger partial charge in [-0.25, -0.2) is 4.79 Å². The van der Waals surface area contributed by atoms with Crippen molar-refractivity contribution in [2.24, 2.45) is 5.92 Å². The zero-order valence-electron chi connectivity index (χ0n) is 11.1. The fourth-order valence-corrected chi connectivity index (χ4v) is 1.81. The number of Topliss-reactive ketones (excluding diaryl/α,β-unsaturated/α-hetero) is 1. The molecule has 0 N–H and O–H groups in total. The van der Waals surface area contributed by atoms with Gasteiger partial charge in [-0.15, -0.1) is 0 Å². The van der Waals surface area contributed by atoms with Crippen LogP contribution < -0.4 is 0 Å². The summed E-state index contributed by atoms with van der Waals surface area (Å²) in [5.74, 6) is -1.10. The molecule has 0 aliphatic carbocycles. The summed E-state index contributed by atoms with van der Waals surface area (Å²) < 4.78 is 5.70. The molecule has 0 aliphatic rings. The van der Waals surface area contributed by atoms with E-state index in [1.165, 1.54) is 6.08 Å². The molecule has 19 heavy (non-hydrogen) atoms. The topological polar surface area (TPSA) is 56.3 Å². The molecule has 0 fully saturated rings. The van der Waals surface area contributed by atoms with Gasteiger partial charge in [0.15, 0.2) is 5.78 Å². The Morgan fingerprint density at radius 2 is 2.11 bits per heavy atom. The van der Waals surface area contributed by atoms with Crippen molar-refractivity contribution < 1.29 is 14.3 Å². The molecule has 0 radical (unpaired) electrons. The monoisotopic (exact) mass is 325 g/mol. The fourth-order valence-electron chi connectivity index (χ4n) is 1.42. The van der Waals surface area contributed by atoms with E-state index in [0.717, 1.165) is 4.47 Å². The zero-order valence-corrected chi connectivity index (χ0v) is 12.7. The van der Waals surface area contributed by atoms with Crippen molar-refractivity contribution in [1.82, 2.24) is 4.98 Å². The van der Waals surface area contributed by atoms with Gasteiger partial charge < -0.3 is 4.74 Å². The summed E-state index contributed by atoms with van der Waals surface area (Å²) in [5.41, 5.74) is 0.725. The van der Waals surface area contributed by atoms with Crippen LogP contribution in [0.5, 0.6) is 0 Å². The van der Waals surface area contributed by atoms with Crippen molar-refractivity contribution in [3.8, 4) is 0 Å². The number of pyridine rings is 1. The Hall–Kier alpha value is -1.49. The van der Waals surface area contributed by atoms with Crippen LogP contribution in [0.15, 0.2) is 28.5 Å². The normalized spacial score (nSPS) is 11.5. The maximum absolute atomic E-state index is 12.0. The number of hydrogen-bond acceptors (Lipinski definition) is 4. The average Bonchev–Trinajstić information content (AvgIpc) is 2.35. The molecular formula is C14H16BrNO3. The quantitative estimate of drug-likeness (QED) is 0.361. The highest BCUT2D eigenvalue weighted by atomic mass is 79.9. The van der Waals surface area contributed by atoms with Gasteiger partial charge >= 0.3 is 5.97 Å². The lowest BCUT2D eigenvalue weighted by atomic mass is 9.99. The SMILES string of the molecule is CCOC(=O)/C(=C/c1cncc(Br)c1)C(=O)C(C)C. The first kappa shape index (κ1) is 15.6. The Balaban J connectivity index is 3.15. The summed E-state index contributed by atoms with van der Waals surface area (Å²) >= 11 is 3.29. The molecule has 0 aliphatic heterocycles. The molecule has 0 saturated carbocycles. The molecule has 0 amide bonds. The van der Waals surface area contributed by atoms with Crippen molar-refractivity contribution >= 4 is 33.8 Å². The fraction of sp³-hybridized carbons (Fsp3) is 0.357. The van der Waals surface area contributed by atoms with Crippen LogP contribution in [-0.2, 0) is 14.3 Å². The molecule has 0 unspecified atom stereocenters. The highest BCUT2D eigenvalue weighted by Gasteiger charge is 2.22. The Kier molecular flexibility index (Phi) is 5.89. The van der Waals surface area contributed by atoms with E-state index in [1.54, 1.807) is 39.2 Å². The van der Waals surface area contributed by atoms with Crippen molar-refractivity contribution in [3.05, 3.63) is 34.1 Å². The predicted octanol–water partition coefficient (Wildman–Crippen LogP) is 3.02. The number of carbonyl (C=O) groups is 2. The molecule has 4 nitrogen and oxygen atoms in total. The molecule has 0 aromatic carbocycles. The summed E-state index contributed by atoms with van der Waals surface area (Å²) in [5, 5.41) is 0. The molecule has 0 spiro atoms. The predicted molar refractivity (Wildman–Crippen MR) is 76.4 cm³/mol. The van der Waals surface area contributed by atoms with Gasteiger partial charge in [0.2, 0.25) is 0 Å². The van der Waals surface area contributed by atoms with Crippen LogP contribution in [0.2, 0.25) is 0 Å². The number of ether oxygens (including phenoxy) is 1. The highest BCUT2D eigenvalue weighted by Crippen LogP contribution is 2.16. The number of esters is 1. The number of carbonyl (C=O) groups excluding carboxylic acids is 2.